The summed E-state index contributed by atoms with van der Waals surface area (Å²) in [5, 5.41) is 0. The van der Waals surface area contributed by atoms with Crippen molar-refractivity contribution in [2.24, 2.45) is 5.92 Å². The van der Waals surface area contributed by atoms with E-state index in [2.05, 4.69) is 27.7 Å². The van der Waals surface area contributed by atoms with Gasteiger partial charge in [-0.05, 0) is 25.2 Å². The van der Waals surface area contributed by atoms with Gasteiger partial charge in [-0.3, -0.25) is 14.4 Å². The molecule has 0 bridgehead atoms. The van der Waals surface area contributed by atoms with Gasteiger partial charge in [-0.1, -0.05) is 227 Å². The van der Waals surface area contributed by atoms with E-state index in [-0.39, 0.29) is 31.1 Å². The van der Waals surface area contributed by atoms with Crippen LogP contribution >= 0.6 is 0 Å². The monoisotopic (exact) mass is 765 g/mol. The average Bonchev–Trinajstić information content (AvgIpc) is 3.15. The Hall–Kier alpha value is -1.59. The number of carbonyl (C=O) groups is 3. The van der Waals surface area contributed by atoms with Crippen LogP contribution in [-0.4, -0.2) is 37.2 Å². The summed E-state index contributed by atoms with van der Waals surface area (Å²) in [6.07, 6.45) is 42.3. The van der Waals surface area contributed by atoms with Crippen LogP contribution in [0.2, 0.25) is 0 Å². The average molecular weight is 765 g/mol. The van der Waals surface area contributed by atoms with E-state index in [1.807, 2.05) is 0 Å². The third-order valence-corrected chi connectivity index (χ3v) is 10.8. The van der Waals surface area contributed by atoms with Crippen LogP contribution in [0.4, 0.5) is 0 Å². The Morgan fingerprint density at radius 3 is 0.907 bits per heavy atom. The van der Waals surface area contributed by atoms with E-state index in [0.29, 0.717) is 19.3 Å². The van der Waals surface area contributed by atoms with Crippen LogP contribution in [0.3, 0.4) is 0 Å². The smallest absolute Gasteiger partial charge is 0.306 e. The summed E-state index contributed by atoms with van der Waals surface area (Å²) in [5.74, 6) is -0.0136. The Balaban J connectivity index is 4.25. The zero-order chi connectivity index (χ0) is 39.6. The van der Waals surface area contributed by atoms with Crippen LogP contribution in [0.25, 0.3) is 0 Å². The third kappa shape index (κ3) is 41.6. The summed E-state index contributed by atoms with van der Waals surface area (Å²) in [7, 11) is 0. The first-order valence-electron chi connectivity index (χ1n) is 23.9. The van der Waals surface area contributed by atoms with Crippen molar-refractivity contribution in [1.29, 1.82) is 0 Å². The van der Waals surface area contributed by atoms with E-state index in [0.717, 1.165) is 63.7 Å². The van der Waals surface area contributed by atoms with Crippen LogP contribution in [0, 0.1) is 5.92 Å². The maximum Gasteiger partial charge on any atom is 0.306 e. The molecular weight excluding hydrogens is 673 g/mol. The van der Waals surface area contributed by atoms with Crippen LogP contribution in [0.5, 0.6) is 0 Å². The highest BCUT2D eigenvalue weighted by molar-refractivity contribution is 5.71. The van der Waals surface area contributed by atoms with E-state index in [9.17, 15) is 14.4 Å². The minimum Gasteiger partial charge on any atom is -0.462 e. The van der Waals surface area contributed by atoms with Crippen molar-refractivity contribution in [3.8, 4) is 0 Å². The molecule has 0 rings (SSSR count). The quantitative estimate of drug-likeness (QED) is 0.0349. The molecule has 0 heterocycles. The molecule has 1 atom stereocenters. The highest BCUT2D eigenvalue weighted by Crippen LogP contribution is 2.16. The van der Waals surface area contributed by atoms with Crippen LogP contribution in [0.1, 0.15) is 265 Å². The fraction of sp³-hybridized carbons (Fsp3) is 0.938. The molecule has 0 aliphatic heterocycles. The zero-order valence-corrected chi connectivity index (χ0v) is 36.7. The number of ether oxygens (including phenoxy) is 3. The van der Waals surface area contributed by atoms with Crippen molar-refractivity contribution < 1.29 is 28.6 Å². The first-order chi connectivity index (χ1) is 26.4. The van der Waals surface area contributed by atoms with Crippen LogP contribution in [-0.2, 0) is 28.6 Å². The Kier molecular flexibility index (Phi) is 41.3. The summed E-state index contributed by atoms with van der Waals surface area (Å²) in [6, 6.07) is 0. The summed E-state index contributed by atoms with van der Waals surface area (Å²) in [6.45, 7) is 8.99. The van der Waals surface area contributed by atoms with Crippen molar-refractivity contribution in [2.75, 3.05) is 13.2 Å². The molecule has 6 nitrogen and oxygen atoms in total. The molecule has 0 saturated carbocycles. The number of hydrogen-bond donors (Lipinski definition) is 0. The molecule has 0 amide bonds. The lowest BCUT2D eigenvalue weighted by Crippen LogP contribution is -2.30. The van der Waals surface area contributed by atoms with E-state index >= 15 is 0 Å². The number of carbonyl (C=O) groups excluding carboxylic acids is 3. The Morgan fingerprint density at radius 1 is 0.352 bits per heavy atom. The Bertz CT molecular complexity index is 811. The lowest BCUT2D eigenvalue weighted by Gasteiger charge is -2.18. The molecule has 0 saturated heterocycles. The molecule has 0 aromatic heterocycles. The minimum absolute atomic E-state index is 0.0635. The third-order valence-electron chi connectivity index (χ3n) is 10.8. The highest BCUT2D eigenvalue weighted by Gasteiger charge is 2.19. The van der Waals surface area contributed by atoms with E-state index < -0.39 is 6.10 Å². The van der Waals surface area contributed by atoms with Gasteiger partial charge in [-0.15, -0.1) is 0 Å². The van der Waals surface area contributed by atoms with Crippen molar-refractivity contribution in [3.05, 3.63) is 0 Å². The van der Waals surface area contributed by atoms with Gasteiger partial charge < -0.3 is 14.2 Å². The maximum absolute atomic E-state index is 12.7. The largest absolute Gasteiger partial charge is 0.462 e. The second-order valence-electron chi connectivity index (χ2n) is 16.9. The van der Waals surface area contributed by atoms with Gasteiger partial charge in [0.25, 0.3) is 0 Å². The summed E-state index contributed by atoms with van der Waals surface area (Å²) >= 11 is 0. The second kappa shape index (κ2) is 42.6. The SMILES string of the molecule is CCCCCCCCCCCCCC(=O)OC[C@H](COC(=O)CCCCCCCCCCCCCCCC(C)C)OC(=O)CCCCCCCCCCC. The number of rotatable bonds is 43. The Labute approximate surface area is 336 Å². The minimum atomic E-state index is -0.758. The number of unbranched alkanes of at least 4 members (excludes halogenated alkanes) is 30. The Morgan fingerprint density at radius 2 is 0.611 bits per heavy atom. The van der Waals surface area contributed by atoms with E-state index in [1.165, 1.54) is 161 Å². The van der Waals surface area contributed by atoms with Gasteiger partial charge in [0.05, 0.1) is 0 Å². The fourth-order valence-electron chi connectivity index (χ4n) is 7.16. The number of esters is 3. The summed E-state index contributed by atoms with van der Waals surface area (Å²) in [5.41, 5.74) is 0. The van der Waals surface area contributed by atoms with Crippen molar-refractivity contribution in [3.63, 3.8) is 0 Å². The highest BCUT2D eigenvalue weighted by atomic mass is 16.6. The van der Waals surface area contributed by atoms with Crippen LogP contribution < -0.4 is 0 Å². The molecule has 0 N–H and O–H groups in total. The first-order valence-corrected chi connectivity index (χ1v) is 23.9. The predicted octanol–water partition coefficient (Wildman–Crippen LogP) is 15.1. The fourth-order valence-corrected chi connectivity index (χ4v) is 7.16. The van der Waals surface area contributed by atoms with Crippen molar-refractivity contribution in [1.82, 2.24) is 0 Å². The lowest BCUT2D eigenvalue weighted by atomic mass is 10.0. The molecule has 0 spiro atoms. The molecule has 54 heavy (non-hydrogen) atoms. The number of hydrogen-bond acceptors (Lipinski definition) is 6. The molecule has 0 unspecified atom stereocenters. The zero-order valence-electron chi connectivity index (χ0n) is 36.7. The molecule has 0 radical (unpaired) electrons. The molecule has 0 aromatic rings. The normalized spacial score (nSPS) is 11.9. The van der Waals surface area contributed by atoms with Gasteiger partial charge in [-0.2, -0.15) is 0 Å². The second-order valence-corrected chi connectivity index (χ2v) is 16.9. The van der Waals surface area contributed by atoms with Gasteiger partial charge in [0, 0.05) is 19.3 Å². The van der Waals surface area contributed by atoms with Gasteiger partial charge in [0.15, 0.2) is 6.10 Å². The van der Waals surface area contributed by atoms with Gasteiger partial charge in [-0.25, -0.2) is 0 Å². The predicted molar refractivity (Wildman–Crippen MR) is 229 cm³/mol. The lowest BCUT2D eigenvalue weighted by molar-refractivity contribution is -0.167. The topological polar surface area (TPSA) is 78.9 Å². The van der Waals surface area contributed by atoms with Gasteiger partial charge in [0.1, 0.15) is 13.2 Å². The van der Waals surface area contributed by atoms with Gasteiger partial charge in [0.2, 0.25) is 0 Å². The summed E-state index contributed by atoms with van der Waals surface area (Å²) < 4.78 is 16.7. The first kappa shape index (κ1) is 52.4. The molecule has 0 aliphatic rings. The standard InChI is InChI=1S/C48H92O6/c1-5-7-9-11-13-15-19-24-27-31-35-39-46(49)52-42-45(54-48(51)41-37-33-29-22-14-12-10-8-6-2)43-53-47(50)40-36-32-28-25-21-18-16-17-20-23-26-30-34-38-44(3)4/h44-45H,5-43H2,1-4H3/t45-/m1/s1. The van der Waals surface area contributed by atoms with Gasteiger partial charge >= 0.3 is 17.9 Å². The molecule has 0 aromatic carbocycles. The molecule has 320 valence electrons. The van der Waals surface area contributed by atoms with Crippen molar-refractivity contribution >= 4 is 17.9 Å². The van der Waals surface area contributed by atoms with E-state index in [4.69, 9.17) is 14.2 Å². The molecule has 0 fully saturated rings. The van der Waals surface area contributed by atoms with Crippen LogP contribution in [0.15, 0.2) is 0 Å². The molecule has 6 heteroatoms. The molecular formula is C48H92O6. The maximum atomic E-state index is 12.7. The summed E-state index contributed by atoms with van der Waals surface area (Å²) in [4.78, 5) is 37.7. The molecule has 0 aliphatic carbocycles. The van der Waals surface area contributed by atoms with Crippen molar-refractivity contribution in [2.45, 2.75) is 271 Å². The van der Waals surface area contributed by atoms with E-state index in [1.54, 1.807) is 0 Å².